The molecular formula is C15H10Br4O. The maximum Gasteiger partial charge on any atom is 0.195 e. The second kappa shape index (κ2) is 7.34. The van der Waals surface area contributed by atoms with Gasteiger partial charge in [-0.25, -0.2) is 0 Å². The minimum absolute atomic E-state index is 0.00866. The van der Waals surface area contributed by atoms with Crippen molar-refractivity contribution in [3.05, 3.63) is 67.6 Å². The molecule has 0 saturated carbocycles. The Kier molecular flexibility index (Phi) is 6.02. The summed E-state index contributed by atoms with van der Waals surface area (Å²) in [5, 5.41) is 1.41. The highest BCUT2D eigenvalue weighted by Gasteiger charge is 2.18. The average Bonchev–Trinajstić information content (AvgIpc) is 2.47. The van der Waals surface area contributed by atoms with E-state index in [1.807, 2.05) is 36.4 Å². The van der Waals surface area contributed by atoms with Crippen molar-refractivity contribution in [3.63, 3.8) is 0 Å². The lowest BCUT2D eigenvalue weighted by Gasteiger charge is -2.10. The maximum atomic E-state index is 12.7. The van der Waals surface area contributed by atoms with Crippen LogP contribution in [-0.2, 0) is 10.7 Å². The van der Waals surface area contributed by atoms with Crippen molar-refractivity contribution in [3.8, 4) is 0 Å². The smallest absolute Gasteiger partial charge is 0.195 e. The molecule has 2 rings (SSSR count). The maximum absolute atomic E-state index is 12.7. The van der Waals surface area contributed by atoms with Gasteiger partial charge in [-0.15, -0.1) is 0 Å². The molecule has 0 aliphatic rings. The Hall–Kier alpha value is 0.0300. The molecule has 0 amide bonds. The molecule has 0 aromatic heterocycles. The molecule has 0 atom stereocenters. The van der Waals surface area contributed by atoms with Crippen LogP contribution in [0.3, 0.4) is 0 Å². The molecule has 0 fully saturated rings. The van der Waals surface area contributed by atoms with E-state index in [2.05, 4.69) is 63.7 Å². The fraction of sp³-hybridized carbons (Fsp3) is 0.133. The SMILES string of the molecule is O=C(c1cccc(CBr)c1Br)c1cccc(CBr)c1Br. The minimum Gasteiger partial charge on any atom is -0.289 e. The van der Waals surface area contributed by atoms with E-state index in [1.165, 1.54) is 0 Å². The molecule has 0 radical (unpaired) electrons. The number of ketones is 1. The molecule has 104 valence electrons. The Morgan fingerprint density at radius 3 is 1.55 bits per heavy atom. The van der Waals surface area contributed by atoms with Crippen LogP contribution >= 0.6 is 63.7 Å². The Morgan fingerprint density at radius 2 is 1.20 bits per heavy atom. The van der Waals surface area contributed by atoms with Crippen molar-refractivity contribution in [1.29, 1.82) is 0 Å². The molecule has 0 spiro atoms. The summed E-state index contributed by atoms with van der Waals surface area (Å²) in [5.74, 6) is 0.00866. The summed E-state index contributed by atoms with van der Waals surface area (Å²) in [6, 6.07) is 11.4. The van der Waals surface area contributed by atoms with E-state index in [9.17, 15) is 4.79 Å². The number of hydrogen-bond acceptors (Lipinski definition) is 1. The molecular weight excluding hydrogens is 516 g/mol. The highest BCUT2D eigenvalue weighted by Crippen LogP contribution is 2.30. The Balaban J connectivity index is 2.52. The van der Waals surface area contributed by atoms with Crippen molar-refractivity contribution in [2.75, 3.05) is 0 Å². The van der Waals surface area contributed by atoms with Gasteiger partial charge in [0.25, 0.3) is 0 Å². The molecule has 2 aromatic rings. The van der Waals surface area contributed by atoms with Crippen LogP contribution in [-0.4, -0.2) is 5.78 Å². The van der Waals surface area contributed by atoms with E-state index in [1.54, 1.807) is 0 Å². The topological polar surface area (TPSA) is 17.1 Å². The first-order valence-corrected chi connectivity index (χ1v) is 9.64. The van der Waals surface area contributed by atoms with Crippen LogP contribution in [0.25, 0.3) is 0 Å². The van der Waals surface area contributed by atoms with E-state index in [4.69, 9.17) is 0 Å². The van der Waals surface area contributed by atoms with Gasteiger partial charge in [0.2, 0.25) is 0 Å². The van der Waals surface area contributed by atoms with Crippen molar-refractivity contribution in [2.24, 2.45) is 0 Å². The van der Waals surface area contributed by atoms with Gasteiger partial charge in [-0.3, -0.25) is 4.79 Å². The number of alkyl halides is 2. The van der Waals surface area contributed by atoms with E-state index in [0.29, 0.717) is 21.8 Å². The van der Waals surface area contributed by atoms with Gasteiger partial charge in [-0.05, 0) is 55.1 Å². The first-order chi connectivity index (χ1) is 9.60. The van der Waals surface area contributed by atoms with E-state index >= 15 is 0 Å². The van der Waals surface area contributed by atoms with E-state index < -0.39 is 0 Å². The van der Waals surface area contributed by atoms with E-state index in [-0.39, 0.29) is 5.78 Å². The summed E-state index contributed by atoms with van der Waals surface area (Å²) in [4.78, 5) is 12.7. The van der Waals surface area contributed by atoms with Gasteiger partial charge in [0.1, 0.15) is 0 Å². The van der Waals surface area contributed by atoms with E-state index in [0.717, 1.165) is 20.1 Å². The summed E-state index contributed by atoms with van der Waals surface area (Å²) in [5.41, 5.74) is 3.47. The van der Waals surface area contributed by atoms with Crippen LogP contribution in [0.2, 0.25) is 0 Å². The lowest BCUT2D eigenvalue weighted by atomic mass is 10.0. The molecule has 0 bridgehead atoms. The summed E-state index contributed by atoms with van der Waals surface area (Å²) in [6.45, 7) is 0. The van der Waals surface area contributed by atoms with Crippen LogP contribution in [0, 0.1) is 0 Å². The molecule has 2 aromatic carbocycles. The molecule has 5 heteroatoms. The van der Waals surface area contributed by atoms with Crippen LogP contribution < -0.4 is 0 Å². The van der Waals surface area contributed by atoms with Crippen LogP contribution in [0.1, 0.15) is 27.0 Å². The summed E-state index contributed by atoms with van der Waals surface area (Å²) < 4.78 is 1.69. The minimum atomic E-state index is 0.00866. The third-order valence-electron chi connectivity index (χ3n) is 2.93. The lowest BCUT2D eigenvalue weighted by molar-refractivity contribution is 0.103. The summed E-state index contributed by atoms with van der Waals surface area (Å²) >= 11 is 13.9. The predicted molar refractivity (Wildman–Crippen MR) is 97.0 cm³/mol. The number of carbonyl (C=O) groups is 1. The molecule has 0 heterocycles. The Morgan fingerprint density at radius 1 is 0.800 bits per heavy atom. The zero-order chi connectivity index (χ0) is 14.7. The van der Waals surface area contributed by atoms with Gasteiger partial charge < -0.3 is 0 Å². The standard InChI is InChI=1S/C15H10Br4O/c16-7-9-3-1-5-11(13(9)18)15(20)12-6-2-4-10(8-17)14(12)19/h1-6H,7-8H2. The molecule has 0 aliphatic carbocycles. The van der Waals surface area contributed by atoms with Gasteiger partial charge in [0, 0.05) is 30.7 Å². The normalized spacial score (nSPS) is 10.6. The van der Waals surface area contributed by atoms with Crippen LogP contribution in [0.15, 0.2) is 45.3 Å². The van der Waals surface area contributed by atoms with Crippen molar-refractivity contribution in [1.82, 2.24) is 0 Å². The second-order valence-corrected chi connectivity index (χ2v) is 6.86. The van der Waals surface area contributed by atoms with Gasteiger partial charge >= 0.3 is 0 Å². The first-order valence-electron chi connectivity index (χ1n) is 5.81. The van der Waals surface area contributed by atoms with Crippen LogP contribution in [0.4, 0.5) is 0 Å². The zero-order valence-corrected chi connectivity index (χ0v) is 16.6. The van der Waals surface area contributed by atoms with Crippen molar-refractivity contribution < 1.29 is 4.79 Å². The third kappa shape index (κ3) is 3.26. The highest BCUT2D eigenvalue weighted by atomic mass is 79.9. The van der Waals surface area contributed by atoms with Gasteiger partial charge in [0.05, 0.1) is 0 Å². The second-order valence-electron chi connectivity index (χ2n) is 4.15. The number of rotatable bonds is 4. The lowest BCUT2D eigenvalue weighted by Crippen LogP contribution is -2.05. The van der Waals surface area contributed by atoms with Crippen molar-refractivity contribution >= 4 is 69.5 Å². The first kappa shape index (κ1) is 16.4. The van der Waals surface area contributed by atoms with Gasteiger partial charge in [-0.2, -0.15) is 0 Å². The van der Waals surface area contributed by atoms with Crippen molar-refractivity contribution in [2.45, 2.75) is 10.7 Å². The van der Waals surface area contributed by atoms with Gasteiger partial charge in [-0.1, -0.05) is 56.1 Å². The monoisotopic (exact) mass is 522 g/mol. The fourth-order valence-corrected chi connectivity index (χ4v) is 4.72. The molecule has 20 heavy (non-hydrogen) atoms. The number of halogens is 4. The fourth-order valence-electron chi connectivity index (χ4n) is 1.86. The number of hydrogen-bond donors (Lipinski definition) is 0. The Bertz CT molecular complexity index is 597. The molecule has 0 N–H and O–H groups in total. The predicted octanol–water partition coefficient (Wildman–Crippen LogP) is 6.23. The number of carbonyl (C=O) groups excluding carboxylic acids is 1. The molecule has 0 saturated heterocycles. The molecule has 0 aliphatic heterocycles. The molecule has 1 nitrogen and oxygen atoms in total. The van der Waals surface area contributed by atoms with Gasteiger partial charge in [0.15, 0.2) is 5.78 Å². The molecule has 0 unspecified atom stereocenters. The third-order valence-corrected chi connectivity index (χ3v) is 6.02. The van der Waals surface area contributed by atoms with Crippen LogP contribution in [0.5, 0.6) is 0 Å². The largest absolute Gasteiger partial charge is 0.289 e. The summed E-state index contributed by atoms with van der Waals surface area (Å²) in [6.07, 6.45) is 0. The average molecular weight is 526 g/mol. The quantitative estimate of drug-likeness (QED) is 0.341. The zero-order valence-electron chi connectivity index (χ0n) is 10.3. The number of benzene rings is 2. The Labute approximate surface area is 151 Å². The summed E-state index contributed by atoms with van der Waals surface area (Å²) in [7, 11) is 0. The highest BCUT2D eigenvalue weighted by molar-refractivity contribution is 9.11.